The summed E-state index contributed by atoms with van der Waals surface area (Å²) in [5.41, 5.74) is -1.69. The van der Waals surface area contributed by atoms with Gasteiger partial charge >= 0.3 is 5.84 Å². The summed E-state index contributed by atoms with van der Waals surface area (Å²) in [6.07, 6.45) is 0. The number of rotatable bonds is 3. The number of furan rings is 1. The van der Waals surface area contributed by atoms with Gasteiger partial charge in [-0.05, 0) is 45.2 Å². The van der Waals surface area contributed by atoms with Crippen molar-refractivity contribution in [1.29, 1.82) is 0 Å². The number of hydrogen-bond acceptors (Lipinski definition) is 7. The van der Waals surface area contributed by atoms with Crippen molar-refractivity contribution in [2.45, 2.75) is 43.4 Å². The van der Waals surface area contributed by atoms with Crippen molar-refractivity contribution in [2.75, 3.05) is 0 Å². The minimum atomic E-state index is -0.847. The molecular formula is C17H18N2O3S4. The Morgan fingerprint density at radius 1 is 1.23 bits per heavy atom. The molecule has 1 atom stereocenters. The van der Waals surface area contributed by atoms with E-state index in [1.807, 2.05) is 6.07 Å². The van der Waals surface area contributed by atoms with Crippen LogP contribution in [0.3, 0.4) is 0 Å². The van der Waals surface area contributed by atoms with Gasteiger partial charge in [0.2, 0.25) is 5.76 Å². The van der Waals surface area contributed by atoms with Crippen molar-refractivity contribution in [2.24, 2.45) is 0 Å². The third-order valence-electron chi connectivity index (χ3n) is 5.12. The fraction of sp³-hybridized carbons (Fsp3) is 0.412. The Bertz CT molecular complexity index is 899. The van der Waals surface area contributed by atoms with E-state index >= 15 is 0 Å². The largest absolute Gasteiger partial charge is 0.714 e. The van der Waals surface area contributed by atoms with E-state index in [0.29, 0.717) is 16.1 Å². The second-order valence-electron chi connectivity index (χ2n) is 7.09. The summed E-state index contributed by atoms with van der Waals surface area (Å²) in [6, 6.07) is 3.55. The molecule has 4 rings (SSSR count). The van der Waals surface area contributed by atoms with Gasteiger partial charge in [-0.25, -0.2) is 0 Å². The quantitative estimate of drug-likeness (QED) is 0.352. The van der Waals surface area contributed by atoms with Crippen LogP contribution >= 0.6 is 46.2 Å². The highest BCUT2D eigenvalue weighted by molar-refractivity contribution is 8.25. The lowest BCUT2D eigenvalue weighted by Gasteiger charge is -2.38. The molecule has 0 N–H and O–H groups in total. The zero-order chi connectivity index (χ0) is 18.7. The Hall–Kier alpha value is -1.00. The van der Waals surface area contributed by atoms with Crippen LogP contribution in [0.2, 0.25) is 0 Å². The molecule has 9 heteroatoms. The van der Waals surface area contributed by atoms with Crippen molar-refractivity contribution in [3.63, 3.8) is 0 Å². The molecule has 0 bridgehead atoms. The first-order valence-corrected chi connectivity index (χ1v) is 11.6. The standard InChI is InChI=1S/C17H18N2O3S4/c1-16(2)17(3,4)19(21)13(18(16)20)11-6-5-10(22-11)12-9-25-15(26-12)14-23-7-8-24-14/h5-9,15H,1-4H3. The monoisotopic (exact) mass is 426 g/mol. The van der Waals surface area contributed by atoms with Crippen LogP contribution in [0.4, 0.5) is 0 Å². The molecule has 4 heterocycles. The molecule has 2 aromatic heterocycles. The first kappa shape index (κ1) is 18.4. The third-order valence-corrected chi connectivity index (χ3v) is 10.6. The fourth-order valence-corrected chi connectivity index (χ4v) is 7.64. The van der Waals surface area contributed by atoms with Gasteiger partial charge in [-0.1, -0.05) is 11.8 Å². The van der Waals surface area contributed by atoms with E-state index < -0.39 is 11.1 Å². The molecule has 2 aliphatic heterocycles. The van der Waals surface area contributed by atoms with Crippen LogP contribution in [-0.2, 0) is 0 Å². The van der Waals surface area contributed by atoms with Crippen molar-refractivity contribution in [3.8, 4) is 0 Å². The summed E-state index contributed by atoms with van der Waals surface area (Å²) in [6.45, 7) is 7.11. The maximum absolute atomic E-state index is 12.7. The minimum absolute atomic E-state index is 0.0412. The molecular weight excluding hydrogens is 408 g/mol. The van der Waals surface area contributed by atoms with Crippen LogP contribution in [0.5, 0.6) is 0 Å². The second-order valence-corrected chi connectivity index (χ2v) is 11.7. The van der Waals surface area contributed by atoms with Gasteiger partial charge < -0.3 is 14.8 Å². The fourth-order valence-electron chi connectivity index (χ4n) is 2.74. The normalized spacial score (nSPS) is 24.4. The van der Waals surface area contributed by atoms with E-state index in [9.17, 15) is 10.4 Å². The maximum Gasteiger partial charge on any atom is 0.315 e. The summed E-state index contributed by atoms with van der Waals surface area (Å²) in [5.74, 6) is 1.05. The first-order chi connectivity index (χ1) is 12.2. The van der Waals surface area contributed by atoms with Crippen molar-refractivity contribution < 1.29 is 9.16 Å². The lowest BCUT2D eigenvalue weighted by atomic mass is 9.84. The Labute approximate surface area is 168 Å². The van der Waals surface area contributed by atoms with Crippen LogP contribution in [-0.4, -0.2) is 26.7 Å². The van der Waals surface area contributed by atoms with Gasteiger partial charge in [-0.15, -0.1) is 11.8 Å². The summed E-state index contributed by atoms with van der Waals surface area (Å²) >= 11 is 7.00. The highest BCUT2D eigenvalue weighted by atomic mass is 32.2. The predicted octanol–water partition coefficient (Wildman–Crippen LogP) is 5.79. The highest BCUT2D eigenvalue weighted by Gasteiger charge is 2.55. The zero-order valence-corrected chi connectivity index (χ0v) is 18.0. The Kier molecular flexibility index (Phi) is 4.43. The van der Waals surface area contributed by atoms with Gasteiger partial charge in [0, 0.05) is 0 Å². The van der Waals surface area contributed by atoms with E-state index in [2.05, 4.69) is 16.2 Å². The number of thioether (sulfide) groups is 2. The molecule has 0 amide bonds. The zero-order valence-electron chi connectivity index (χ0n) is 14.7. The van der Waals surface area contributed by atoms with Crippen molar-refractivity contribution in [3.05, 3.63) is 54.4 Å². The van der Waals surface area contributed by atoms with Crippen LogP contribution in [0.15, 0.2) is 32.7 Å². The van der Waals surface area contributed by atoms with Gasteiger partial charge in [-0.2, -0.15) is 0 Å². The molecule has 2 aromatic rings. The van der Waals surface area contributed by atoms with Gasteiger partial charge in [-0.3, -0.25) is 9.80 Å². The molecule has 0 fully saturated rings. The lowest BCUT2D eigenvalue weighted by Crippen LogP contribution is -2.52. The molecule has 138 valence electrons. The smallest absolute Gasteiger partial charge is 0.315 e. The summed E-state index contributed by atoms with van der Waals surface area (Å²) in [4.78, 5) is 1.03. The highest BCUT2D eigenvalue weighted by Crippen LogP contribution is 2.56. The van der Waals surface area contributed by atoms with E-state index in [4.69, 9.17) is 4.42 Å². The van der Waals surface area contributed by atoms with E-state index in [0.717, 1.165) is 14.7 Å². The van der Waals surface area contributed by atoms with Gasteiger partial charge in [0.25, 0.3) is 4.19 Å². The summed E-state index contributed by atoms with van der Waals surface area (Å²) in [5, 5.41) is 32.5. The van der Waals surface area contributed by atoms with Crippen molar-refractivity contribution >= 4 is 56.9 Å². The number of hydroxylamine groups is 3. The molecule has 26 heavy (non-hydrogen) atoms. The first-order valence-electron chi connectivity index (χ1n) is 8.03. The van der Waals surface area contributed by atoms with Crippen LogP contribution in [0.1, 0.15) is 48.0 Å². The van der Waals surface area contributed by atoms with Gasteiger partial charge in [0.15, 0.2) is 0 Å². The van der Waals surface area contributed by atoms with E-state index in [1.54, 1.807) is 80.0 Å². The average molecular weight is 427 g/mol. The van der Waals surface area contributed by atoms with E-state index in [-0.39, 0.29) is 5.84 Å². The third kappa shape index (κ3) is 2.63. The second kappa shape index (κ2) is 6.27. The van der Waals surface area contributed by atoms with Gasteiger partial charge in [0.1, 0.15) is 32.2 Å². The molecule has 5 nitrogen and oxygen atoms in total. The van der Waals surface area contributed by atoms with Crippen molar-refractivity contribution in [1.82, 2.24) is 5.06 Å². The molecule has 0 saturated carbocycles. The van der Waals surface area contributed by atoms with Crippen LogP contribution in [0, 0.1) is 10.4 Å². The van der Waals surface area contributed by atoms with Crippen LogP contribution in [0.25, 0.3) is 4.91 Å². The summed E-state index contributed by atoms with van der Waals surface area (Å²) in [7, 11) is 0. The Morgan fingerprint density at radius 2 is 1.96 bits per heavy atom. The molecule has 0 aliphatic carbocycles. The predicted molar refractivity (Wildman–Crippen MR) is 112 cm³/mol. The molecule has 0 radical (unpaired) electrons. The van der Waals surface area contributed by atoms with E-state index in [1.165, 1.54) is 4.19 Å². The number of nitrogens with zero attached hydrogens (tertiary/aromatic N) is 2. The molecule has 1 unspecified atom stereocenters. The molecule has 0 saturated heterocycles. The SMILES string of the molecule is CC1(C)N([O-])C(c2ccc(C3=CSC(c4scc[s+]4)S3)o2)=[N+]([O-])C1(C)C. The Morgan fingerprint density at radius 3 is 2.58 bits per heavy atom. The molecule has 2 aliphatic rings. The topological polar surface area (TPSA) is 65.5 Å². The van der Waals surface area contributed by atoms with Crippen LogP contribution < -0.4 is 0 Å². The maximum atomic E-state index is 12.7. The summed E-state index contributed by atoms with van der Waals surface area (Å²) < 4.78 is 8.40. The Balaban J connectivity index is 1.61. The molecule has 0 spiro atoms. The minimum Gasteiger partial charge on any atom is -0.714 e. The number of hydrogen-bond donors (Lipinski definition) is 0. The average Bonchev–Trinajstić information content (AvgIpc) is 3.34. The van der Waals surface area contributed by atoms with Gasteiger partial charge in [0.05, 0.1) is 27.6 Å². The lowest BCUT2D eigenvalue weighted by molar-refractivity contribution is -0.539. The number of amidine groups is 1. The molecule has 0 aromatic carbocycles.